The fraction of sp³-hybridized carbons (Fsp3) is 0.438. The summed E-state index contributed by atoms with van der Waals surface area (Å²) in [5.41, 5.74) is 0.881. The van der Waals surface area contributed by atoms with Crippen LogP contribution in [0.2, 0.25) is 0 Å². The SMILES string of the molecule is CCCN(CC(F)F)C(=O)c1cccc(CN2C(=O)CSC2=O)c1. The second-order valence-electron chi connectivity index (χ2n) is 5.38. The lowest BCUT2D eigenvalue weighted by atomic mass is 10.1. The molecule has 1 aliphatic rings. The summed E-state index contributed by atoms with van der Waals surface area (Å²) in [6, 6.07) is 6.40. The lowest BCUT2D eigenvalue weighted by Gasteiger charge is -2.22. The van der Waals surface area contributed by atoms with Crippen LogP contribution in [0.3, 0.4) is 0 Å². The van der Waals surface area contributed by atoms with Gasteiger partial charge in [0.2, 0.25) is 5.91 Å². The number of benzene rings is 1. The minimum atomic E-state index is -2.60. The first-order valence-electron chi connectivity index (χ1n) is 7.55. The summed E-state index contributed by atoms with van der Waals surface area (Å²) in [6.45, 7) is 1.52. The van der Waals surface area contributed by atoms with Gasteiger partial charge in [0.15, 0.2) is 0 Å². The largest absolute Gasteiger partial charge is 0.333 e. The highest BCUT2D eigenvalue weighted by Crippen LogP contribution is 2.22. The van der Waals surface area contributed by atoms with Gasteiger partial charge in [-0.05, 0) is 24.1 Å². The molecule has 0 unspecified atom stereocenters. The highest BCUT2D eigenvalue weighted by Gasteiger charge is 2.30. The molecule has 2 rings (SSSR count). The number of hydrogen-bond acceptors (Lipinski definition) is 4. The number of hydrogen-bond donors (Lipinski definition) is 0. The zero-order valence-corrected chi connectivity index (χ0v) is 14.0. The van der Waals surface area contributed by atoms with Crippen LogP contribution >= 0.6 is 11.8 Å². The Labute approximate surface area is 143 Å². The number of rotatable bonds is 7. The maximum atomic E-state index is 12.6. The van der Waals surface area contributed by atoms with E-state index in [-0.39, 0.29) is 35.6 Å². The topological polar surface area (TPSA) is 57.7 Å². The van der Waals surface area contributed by atoms with Gasteiger partial charge in [-0.25, -0.2) is 8.78 Å². The van der Waals surface area contributed by atoms with Gasteiger partial charge in [0, 0.05) is 12.1 Å². The van der Waals surface area contributed by atoms with Crippen molar-refractivity contribution in [2.75, 3.05) is 18.8 Å². The number of amides is 3. The van der Waals surface area contributed by atoms with Crippen LogP contribution in [-0.4, -0.2) is 52.1 Å². The van der Waals surface area contributed by atoms with E-state index in [1.807, 2.05) is 6.92 Å². The molecule has 0 aliphatic carbocycles. The van der Waals surface area contributed by atoms with Crippen molar-refractivity contribution in [2.24, 2.45) is 0 Å². The minimum absolute atomic E-state index is 0.0778. The van der Waals surface area contributed by atoms with E-state index in [0.29, 0.717) is 12.0 Å². The van der Waals surface area contributed by atoms with Crippen molar-refractivity contribution < 1.29 is 23.2 Å². The van der Waals surface area contributed by atoms with E-state index in [0.717, 1.165) is 21.6 Å². The first-order chi connectivity index (χ1) is 11.4. The number of carbonyl (C=O) groups excluding carboxylic acids is 3. The van der Waals surface area contributed by atoms with Gasteiger partial charge in [0.1, 0.15) is 0 Å². The molecule has 0 radical (unpaired) electrons. The van der Waals surface area contributed by atoms with Gasteiger partial charge in [-0.2, -0.15) is 0 Å². The summed E-state index contributed by atoms with van der Waals surface area (Å²) in [7, 11) is 0. The molecule has 1 heterocycles. The lowest BCUT2D eigenvalue weighted by Crippen LogP contribution is -2.35. The molecule has 1 aromatic rings. The Kier molecular flexibility index (Phi) is 6.30. The molecule has 1 aromatic carbocycles. The summed E-state index contributed by atoms with van der Waals surface area (Å²) in [6.07, 6.45) is -2.02. The molecule has 1 saturated heterocycles. The van der Waals surface area contributed by atoms with Gasteiger partial charge in [0.05, 0.1) is 18.8 Å². The molecule has 0 saturated carbocycles. The second-order valence-corrected chi connectivity index (χ2v) is 6.30. The fourth-order valence-corrected chi connectivity index (χ4v) is 3.14. The molecular formula is C16H18F2N2O3S. The molecule has 0 aromatic heterocycles. The van der Waals surface area contributed by atoms with E-state index in [9.17, 15) is 23.2 Å². The summed E-state index contributed by atoms with van der Waals surface area (Å²) >= 11 is 0.940. The molecule has 0 N–H and O–H groups in total. The zero-order chi connectivity index (χ0) is 17.7. The summed E-state index contributed by atoms with van der Waals surface area (Å²) in [5, 5.41) is -0.318. The van der Waals surface area contributed by atoms with E-state index < -0.39 is 18.9 Å². The van der Waals surface area contributed by atoms with Crippen LogP contribution in [0, 0.1) is 0 Å². The normalized spacial score (nSPS) is 14.6. The number of thioether (sulfide) groups is 1. The second kappa shape index (κ2) is 8.23. The number of nitrogens with zero attached hydrogens (tertiary/aromatic N) is 2. The van der Waals surface area contributed by atoms with Crippen molar-refractivity contribution in [2.45, 2.75) is 26.3 Å². The van der Waals surface area contributed by atoms with Gasteiger partial charge in [-0.1, -0.05) is 30.8 Å². The molecule has 5 nitrogen and oxygen atoms in total. The quantitative estimate of drug-likeness (QED) is 0.754. The smallest absolute Gasteiger partial charge is 0.289 e. The molecule has 130 valence electrons. The van der Waals surface area contributed by atoms with E-state index in [4.69, 9.17) is 0 Å². The molecule has 1 aliphatic heterocycles. The van der Waals surface area contributed by atoms with Crippen molar-refractivity contribution >= 4 is 28.8 Å². The minimum Gasteiger partial charge on any atom is -0.333 e. The monoisotopic (exact) mass is 356 g/mol. The Morgan fingerprint density at radius 1 is 1.38 bits per heavy atom. The van der Waals surface area contributed by atoms with Gasteiger partial charge in [-0.15, -0.1) is 0 Å². The van der Waals surface area contributed by atoms with Crippen molar-refractivity contribution in [1.82, 2.24) is 9.80 Å². The van der Waals surface area contributed by atoms with Gasteiger partial charge in [-0.3, -0.25) is 19.3 Å². The fourth-order valence-electron chi connectivity index (χ4n) is 2.41. The van der Waals surface area contributed by atoms with E-state index in [1.54, 1.807) is 24.3 Å². The Hall–Kier alpha value is -1.96. The Morgan fingerprint density at radius 3 is 2.71 bits per heavy atom. The van der Waals surface area contributed by atoms with E-state index in [1.165, 1.54) is 0 Å². The predicted octanol–water partition coefficient (Wildman–Crippen LogP) is 3.00. The van der Waals surface area contributed by atoms with Gasteiger partial charge < -0.3 is 4.90 Å². The molecular weight excluding hydrogens is 338 g/mol. The average Bonchev–Trinajstić information content (AvgIpc) is 2.85. The lowest BCUT2D eigenvalue weighted by molar-refractivity contribution is -0.125. The van der Waals surface area contributed by atoms with Crippen molar-refractivity contribution in [1.29, 1.82) is 0 Å². The third kappa shape index (κ3) is 4.53. The van der Waals surface area contributed by atoms with Crippen LogP contribution in [0.25, 0.3) is 0 Å². The number of halogens is 2. The highest BCUT2D eigenvalue weighted by molar-refractivity contribution is 8.14. The number of carbonyl (C=O) groups is 3. The summed E-state index contributed by atoms with van der Waals surface area (Å²) < 4.78 is 25.3. The number of imide groups is 1. The van der Waals surface area contributed by atoms with E-state index >= 15 is 0 Å². The van der Waals surface area contributed by atoms with Crippen LogP contribution in [0.15, 0.2) is 24.3 Å². The van der Waals surface area contributed by atoms with Crippen LogP contribution in [0.5, 0.6) is 0 Å². The average molecular weight is 356 g/mol. The molecule has 0 atom stereocenters. The maximum absolute atomic E-state index is 12.6. The Balaban J connectivity index is 2.14. The van der Waals surface area contributed by atoms with Crippen molar-refractivity contribution in [3.8, 4) is 0 Å². The van der Waals surface area contributed by atoms with Crippen molar-refractivity contribution in [3.05, 3.63) is 35.4 Å². The van der Waals surface area contributed by atoms with Crippen LogP contribution in [0.1, 0.15) is 29.3 Å². The maximum Gasteiger partial charge on any atom is 0.289 e. The standard InChI is InChI=1S/C16H18F2N2O3S/c1-2-6-19(9-13(17)18)15(22)12-5-3-4-11(7-12)8-20-14(21)10-24-16(20)23/h3-5,7,13H,2,6,8-10H2,1H3. The predicted molar refractivity (Wildman–Crippen MR) is 87.0 cm³/mol. The summed E-state index contributed by atoms with van der Waals surface area (Å²) in [4.78, 5) is 37.9. The molecule has 1 fully saturated rings. The first-order valence-corrected chi connectivity index (χ1v) is 8.54. The summed E-state index contributed by atoms with van der Waals surface area (Å²) in [5.74, 6) is -0.629. The highest BCUT2D eigenvalue weighted by atomic mass is 32.2. The third-order valence-electron chi connectivity index (χ3n) is 3.49. The molecule has 0 spiro atoms. The number of alkyl halides is 2. The molecule has 0 bridgehead atoms. The molecule has 3 amide bonds. The molecule has 24 heavy (non-hydrogen) atoms. The van der Waals surface area contributed by atoms with Crippen LogP contribution in [0.4, 0.5) is 13.6 Å². The third-order valence-corrected chi connectivity index (χ3v) is 4.35. The van der Waals surface area contributed by atoms with Gasteiger partial charge >= 0.3 is 0 Å². The Bertz CT molecular complexity index is 624. The molecule has 8 heteroatoms. The van der Waals surface area contributed by atoms with E-state index in [2.05, 4.69) is 0 Å². The van der Waals surface area contributed by atoms with Crippen molar-refractivity contribution in [3.63, 3.8) is 0 Å². The zero-order valence-electron chi connectivity index (χ0n) is 13.2. The van der Waals surface area contributed by atoms with Crippen LogP contribution in [-0.2, 0) is 11.3 Å². The Morgan fingerprint density at radius 2 is 2.12 bits per heavy atom. The van der Waals surface area contributed by atoms with Crippen LogP contribution < -0.4 is 0 Å². The first kappa shape index (κ1) is 18.4. The van der Waals surface area contributed by atoms with Gasteiger partial charge in [0.25, 0.3) is 17.6 Å².